The van der Waals surface area contributed by atoms with Crippen molar-refractivity contribution >= 4 is 33.4 Å². The van der Waals surface area contributed by atoms with Crippen LogP contribution in [0.15, 0.2) is 29.7 Å². The van der Waals surface area contributed by atoms with Gasteiger partial charge in [-0.1, -0.05) is 18.2 Å². The number of allylic oxidation sites excluding steroid dienone is 1. The summed E-state index contributed by atoms with van der Waals surface area (Å²) in [6.07, 6.45) is 4.19. The Labute approximate surface area is 163 Å². The van der Waals surface area contributed by atoms with Crippen molar-refractivity contribution in [2.45, 2.75) is 43.1 Å². The van der Waals surface area contributed by atoms with E-state index in [2.05, 4.69) is 16.1 Å². The van der Waals surface area contributed by atoms with Crippen molar-refractivity contribution in [2.75, 3.05) is 11.0 Å². The van der Waals surface area contributed by atoms with E-state index in [1.165, 1.54) is 0 Å². The number of carbonyl (C=O) groups is 1. The van der Waals surface area contributed by atoms with Gasteiger partial charge in [0.15, 0.2) is 0 Å². The van der Waals surface area contributed by atoms with Gasteiger partial charge < -0.3 is 10.4 Å². The summed E-state index contributed by atoms with van der Waals surface area (Å²) in [5.74, 6) is 0.250. The van der Waals surface area contributed by atoms with E-state index in [0.29, 0.717) is 12.1 Å². The van der Waals surface area contributed by atoms with Crippen LogP contribution in [0.5, 0.6) is 0 Å². The molecule has 3 N–H and O–H groups in total. The molecular weight excluding hydrogens is 384 g/mol. The van der Waals surface area contributed by atoms with Gasteiger partial charge in [0, 0.05) is 17.9 Å². The number of anilines is 1. The van der Waals surface area contributed by atoms with Crippen molar-refractivity contribution in [1.29, 1.82) is 0 Å². The Morgan fingerprint density at radius 3 is 2.78 bits per heavy atom. The highest BCUT2D eigenvalue weighted by molar-refractivity contribution is 8.03. The minimum Gasteiger partial charge on any atom is -0.392 e. The Balaban J connectivity index is 1.69. The number of amides is 1. The normalized spacial score (nSPS) is 35.3. The molecule has 2 heterocycles. The van der Waals surface area contributed by atoms with E-state index >= 15 is 0 Å². The van der Waals surface area contributed by atoms with Gasteiger partial charge in [0.1, 0.15) is 0 Å². The fourth-order valence-corrected chi connectivity index (χ4v) is 6.52. The van der Waals surface area contributed by atoms with Crippen molar-refractivity contribution in [1.82, 2.24) is 5.32 Å². The summed E-state index contributed by atoms with van der Waals surface area (Å²) in [6, 6.07) is 5.68. The minimum atomic E-state index is -3.34. The largest absolute Gasteiger partial charge is 0.392 e. The third-order valence-electron chi connectivity index (χ3n) is 5.90. The molecule has 2 aliphatic heterocycles. The molecule has 6 atom stereocenters. The van der Waals surface area contributed by atoms with Gasteiger partial charge in [-0.15, -0.1) is 11.8 Å². The van der Waals surface area contributed by atoms with Gasteiger partial charge in [0.05, 0.1) is 23.3 Å². The lowest BCUT2D eigenvalue weighted by Crippen LogP contribution is -2.59. The fourth-order valence-electron chi connectivity index (χ4n) is 4.80. The number of aliphatic hydroxyl groups excluding tert-OH is 1. The lowest BCUT2D eigenvalue weighted by Gasteiger charge is -2.48. The predicted molar refractivity (Wildman–Crippen MR) is 107 cm³/mol. The van der Waals surface area contributed by atoms with Gasteiger partial charge in [-0.05, 0) is 48.3 Å². The first-order chi connectivity index (χ1) is 12.7. The maximum Gasteiger partial charge on any atom is 0.234 e. The van der Waals surface area contributed by atoms with E-state index in [0.717, 1.165) is 23.8 Å². The fraction of sp³-hybridized carbons (Fsp3) is 0.526. The highest BCUT2D eigenvalue weighted by atomic mass is 32.2. The summed E-state index contributed by atoms with van der Waals surface area (Å²) in [6.45, 7) is 1.86. The highest BCUT2D eigenvalue weighted by Crippen LogP contribution is 2.50. The SMILES string of the molecule is Cc1cc(C2C(O)CCC3NC(=O)C4SC=CC4C32)ccc1NS(C)(=O)=O. The van der Waals surface area contributed by atoms with Crippen molar-refractivity contribution in [3.05, 3.63) is 40.8 Å². The summed E-state index contributed by atoms with van der Waals surface area (Å²) in [5, 5.41) is 15.9. The molecule has 6 nitrogen and oxygen atoms in total. The molecule has 0 radical (unpaired) electrons. The average Bonchev–Trinajstić information content (AvgIpc) is 3.07. The number of hydrogen-bond acceptors (Lipinski definition) is 5. The molecule has 27 heavy (non-hydrogen) atoms. The van der Waals surface area contributed by atoms with Gasteiger partial charge in [-0.3, -0.25) is 9.52 Å². The molecule has 4 rings (SSSR count). The second-order valence-electron chi connectivity index (χ2n) is 7.77. The molecule has 6 unspecified atom stereocenters. The third-order valence-corrected chi connectivity index (χ3v) is 7.63. The number of aryl methyl sites for hydroxylation is 1. The molecule has 0 aromatic heterocycles. The van der Waals surface area contributed by atoms with Crippen LogP contribution in [-0.4, -0.2) is 43.1 Å². The number of carbonyl (C=O) groups excluding carboxylic acids is 1. The summed E-state index contributed by atoms with van der Waals surface area (Å²) in [7, 11) is -3.34. The molecule has 1 saturated heterocycles. The zero-order valence-electron chi connectivity index (χ0n) is 15.3. The van der Waals surface area contributed by atoms with E-state index in [9.17, 15) is 18.3 Å². The van der Waals surface area contributed by atoms with Gasteiger partial charge in [0.2, 0.25) is 15.9 Å². The van der Waals surface area contributed by atoms with E-state index < -0.39 is 16.1 Å². The van der Waals surface area contributed by atoms with Crippen LogP contribution in [0.4, 0.5) is 5.69 Å². The second kappa shape index (κ2) is 6.83. The Bertz CT molecular complexity index is 899. The van der Waals surface area contributed by atoms with Crippen LogP contribution in [0.2, 0.25) is 0 Å². The summed E-state index contributed by atoms with van der Waals surface area (Å²) < 4.78 is 25.6. The summed E-state index contributed by atoms with van der Waals surface area (Å²) in [5.41, 5.74) is 2.36. The first kappa shape index (κ1) is 18.8. The van der Waals surface area contributed by atoms with Crippen LogP contribution >= 0.6 is 11.8 Å². The third kappa shape index (κ3) is 3.50. The number of benzene rings is 1. The first-order valence-corrected chi connectivity index (χ1v) is 12.0. The second-order valence-corrected chi connectivity index (χ2v) is 10.6. The minimum absolute atomic E-state index is 0.0598. The Kier molecular flexibility index (Phi) is 4.76. The molecule has 1 saturated carbocycles. The molecule has 1 aromatic rings. The van der Waals surface area contributed by atoms with Gasteiger partial charge >= 0.3 is 0 Å². The predicted octanol–water partition coefficient (Wildman–Crippen LogP) is 1.96. The van der Waals surface area contributed by atoms with Crippen molar-refractivity contribution < 1.29 is 18.3 Å². The van der Waals surface area contributed by atoms with Crippen LogP contribution in [0.1, 0.15) is 29.9 Å². The first-order valence-electron chi connectivity index (χ1n) is 9.13. The number of thioether (sulfide) groups is 1. The van der Waals surface area contributed by atoms with Crippen LogP contribution in [0.25, 0.3) is 0 Å². The number of aliphatic hydroxyl groups is 1. The maximum absolute atomic E-state index is 12.4. The van der Waals surface area contributed by atoms with Crippen molar-refractivity contribution in [3.63, 3.8) is 0 Å². The lowest BCUT2D eigenvalue weighted by atomic mass is 9.63. The molecule has 1 amide bonds. The van der Waals surface area contributed by atoms with Gasteiger partial charge in [-0.2, -0.15) is 0 Å². The highest BCUT2D eigenvalue weighted by Gasteiger charge is 2.51. The lowest BCUT2D eigenvalue weighted by molar-refractivity contribution is -0.126. The van der Waals surface area contributed by atoms with Crippen LogP contribution < -0.4 is 10.0 Å². The number of hydrogen-bond donors (Lipinski definition) is 3. The van der Waals surface area contributed by atoms with Crippen LogP contribution in [0, 0.1) is 18.8 Å². The smallest absolute Gasteiger partial charge is 0.234 e. The van der Waals surface area contributed by atoms with Crippen molar-refractivity contribution in [3.8, 4) is 0 Å². The zero-order valence-corrected chi connectivity index (χ0v) is 16.9. The summed E-state index contributed by atoms with van der Waals surface area (Å²) >= 11 is 1.55. The molecule has 0 spiro atoms. The molecule has 3 aliphatic rings. The summed E-state index contributed by atoms with van der Waals surface area (Å²) in [4.78, 5) is 12.4. The number of fused-ring (bicyclic) bond motifs is 3. The zero-order chi connectivity index (χ0) is 19.3. The Morgan fingerprint density at radius 2 is 2.07 bits per heavy atom. The Morgan fingerprint density at radius 1 is 1.30 bits per heavy atom. The molecule has 2 fully saturated rings. The molecule has 1 aromatic carbocycles. The van der Waals surface area contributed by atoms with Crippen molar-refractivity contribution in [2.24, 2.45) is 11.8 Å². The quantitative estimate of drug-likeness (QED) is 0.711. The molecule has 1 aliphatic carbocycles. The van der Waals surface area contributed by atoms with E-state index in [4.69, 9.17) is 0 Å². The van der Waals surface area contributed by atoms with E-state index in [1.807, 2.05) is 24.5 Å². The molecule has 8 heteroatoms. The van der Waals surface area contributed by atoms with Gasteiger partial charge in [-0.25, -0.2) is 8.42 Å². The van der Waals surface area contributed by atoms with Crippen LogP contribution in [-0.2, 0) is 14.8 Å². The molecular formula is C19H24N2O4S2. The van der Waals surface area contributed by atoms with E-state index in [-0.39, 0.29) is 35.0 Å². The standard InChI is InChI=1S/C19H24N2O4S2/c1-10-9-11(3-4-13(10)21-27(2,24)25)16-15(22)6-5-14-17(16)12-7-8-26-18(12)19(23)20-14/h3-4,7-9,12,14-18,21-22H,5-6H2,1-2H3,(H,20,23). The van der Waals surface area contributed by atoms with Gasteiger partial charge in [0.25, 0.3) is 0 Å². The maximum atomic E-state index is 12.4. The molecule has 0 bridgehead atoms. The number of piperidine rings is 1. The number of rotatable bonds is 3. The van der Waals surface area contributed by atoms with Crippen LogP contribution in [0.3, 0.4) is 0 Å². The number of nitrogens with one attached hydrogen (secondary N) is 2. The Hall–Kier alpha value is -1.51. The molecule has 146 valence electrons. The number of sulfonamides is 1. The average molecular weight is 409 g/mol. The van der Waals surface area contributed by atoms with E-state index in [1.54, 1.807) is 17.8 Å². The monoisotopic (exact) mass is 408 g/mol. The topological polar surface area (TPSA) is 95.5 Å².